The molecule has 31 heavy (non-hydrogen) atoms. The molecule has 1 aliphatic heterocycles. The fourth-order valence-corrected chi connectivity index (χ4v) is 4.60. The number of hydrogen-bond acceptors (Lipinski definition) is 5. The second-order valence-electron chi connectivity index (χ2n) is 8.34. The van der Waals surface area contributed by atoms with Crippen molar-refractivity contribution in [1.29, 1.82) is 0 Å². The first-order chi connectivity index (χ1) is 14.8. The molecule has 1 saturated heterocycles. The number of nitrogens with zero attached hydrogens (tertiary/aromatic N) is 2. The Morgan fingerprint density at radius 2 is 1.81 bits per heavy atom. The van der Waals surface area contributed by atoms with Gasteiger partial charge in [0.05, 0.1) is 5.56 Å². The summed E-state index contributed by atoms with van der Waals surface area (Å²) in [7, 11) is 1.58. The molecule has 168 valence electrons. The van der Waals surface area contributed by atoms with Crippen molar-refractivity contribution < 1.29 is 27.4 Å². The van der Waals surface area contributed by atoms with Gasteiger partial charge in [-0.25, -0.2) is 4.98 Å². The van der Waals surface area contributed by atoms with E-state index in [-0.39, 0.29) is 24.7 Å². The van der Waals surface area contributed by atoms with Crippen molar-refractivity contribution in [1.82, 2.24) is 4.98 Å². The van der Waals surface area contributed by atoms with Crippen LogP contribution in [0.3, 0.4) is 0 Å². The van der Waals surface area contributed by atoms with Crippen LogP contribution in [-0.4, -0.2) is 38.1 Å². The van der Waals surface area contributed by atoms with Crippen molar-refractivity contribution in [3.8, 4) is 11.5 Å². The summed E-state index contributed by atoms with van der Waals surface area (Å²) in [5, 5.41) is 0. The van der Waals surface area contributed by atoms with Gasteiger partial charge in [-0.15, -0.1) is 0 Å². The van der Waals surface area contributed by atoms with Crippen molar-refractivity contribution >= 4 is 5.82 Å². The van der Waals surface area contributed by atoms with Crippen molar-refractivity contribution in [2.75, 3.05) is 31.9 Å². The predicted molar refractivity (Wildman–Crippen MR) is 110 cm³/mol. The molecule has 1 aliphatic carbocycles. The monoisotopic (exact) mass is 436 g/mol. The summed E-state index contributed by atoms with van der Waals surface area (Å²) in [4.78, 5) is 6.18. The Bertz CT molecular complexity index is 875. The zero-order valence-corrected chi connectivity index (χ0v) is 17.7. The van der Waals surface area contributed by atoms with Gasteiger partial charge in [0, 0.05) is 38.2 Å². The summed E-state index contributed by atoms with van der Waals surface area (Å²) in [6.45, 7) is 3.55. The third-order valence-corrected chi connectivity index (χ3v) is 6.08. The van der Waals surface area contributed by atoms with E-state index < -0.39 is 11.7 Å². The molecule has 5 nitrogen and oxygen atoms in total. The maximum absolute atomic E-state index is 12.9. The van der Waals surface area contributed by atoms with Crippen LogP contribution in [0.4, 0.5) is 19.0 Å². The molecule has 4 rings (SSSR count). The van der Waals surface area contributed by atoms with Crippen molar-refractivity contribution in [3.63, 3.8) is 0 Å². The van der Waals surface area contributed by atoms with Gasteiger partial charge in [-0.3, -0.25) is 0 Å². The molecule has 2 aliphatic rings. The molecule has 0 spiro atoms. The summed E-state index contributed by atoms with van der Waals surface area (Å²) < 4.78 is 55.8. The van der Waals surface area contributed by atoms with E-state index in [1.807, 2.05) is 25.1 Å². The molecule has 2 heterocycles. The highest BCUT2D eigenvalue weighted by molar-refractivity contribution is 5.44. The lowest BCUT2D eigenvalue weighted by atomic mass is 9.75. The number of aromatic nitrogens is 1. The van der Waals surface area contributed by atoms with E-state index >= 15 is 0 Å². The van der Waals surface area contributed by atoms with E-state index in [9.17, 15) is 13.2 Å². The molecule has 1 aromatic heterocycles. The average Bonchev–Trinajstić information content (AvgIpc) is 2.73. The number of aryl methyl sites for hydroxylation is 1. The molecular weight excluding hydrogens is 409 g/mol. The minimum Gasteiger partial charge on any atom is -0.486 e. The quantitative estimate of drug-likeness (QED) is 0.591. The second-order valence-corrected chi connectivity index (χ2v) is 8.34. The van der Waals surface area contributed by atoms with E-state index in [0.717, 1.165) is 37.1 Å². The van der Waals surface area contributed by atoms with Crippen LogP contribution in [0.5, 0.6) is 11.5 Å². The Balaban J connectivity index is 1.49. The maximum atomic E-state index is 12.9. The minimum atomic E-state index is -4.38. The average molecular weight is 436 g/mol. The first kappa shape index (κ1) is 21.7. The fourth-order valence-electron chi connectivity index (χ4n) is 4.60. The number of fused-ring (bicyclic) bond motifs is 2. The Kier molecular flexibility index (Phi) is 6.27. The number of hydrogen-bond donors (Lipinski definition) is 0. The van der Waals surface area contributed by atoms with Gasteiger partial charge in [0.15, 0.2) is 18.3 Å². The molecule has 1 aromatic carbocycles. The Morgan fingerprint density at radius 3 is 2.42 bits per heavy atom. The number of rotatable bonds is 6. The number of anilines is 1. The van der Waals surface area contributed by atoms with Gasteiger partial charge < -0.3 is 19.1 Å². The number of alkyl halides is 3. The van der Waals surface area contributed by atoms with E-state index in [1.165, 1.54) is 6.07 Å². The number of benzene rings is 1. The SMILES string of the molecule is COCOc1cc(C)ccc1OC1[C@@H]2CCC[C@H]1CN(c1ccc(C(F)(F)F)cn1)C2. The summed E-state index contributed by atoms with van der Waals surface area (Å²) in [6, 6.07) is 8.43. The molecular formula is C23H27F3N2O3. The van der Waals surface area contributed by atoms with Gasteiger partial charge >= 0.3 is 6.18 Å². The minimum absolute atomic E-state index is 0.0343. The van der Waals surface area contributed by atoms with Crippen molar-refractivity contribution in [3.05, 3.63) is 47.7 Å². The van der Waals surface area contributed by atoms with Gasteiger partial charge in [0.2, 0.25) is 0 Å². The van der Waals surface area contributed by atoms with Crippen molar-refractivity contribution in [2.24, 2.45) is 11.8 Å². The topological polar surface area (TPSA) is 43.8 Å². The first-order valence-electron chi connectivity index (χ1n) is 10.5. The summed E-state index contributed by atoms with van der Waals surface area (Å²) >= 11 is 0. The molecule has 2 bridgehead atoms. The lowest BCUT2D eigenvalue weighted by Crippen LogP contribution is -2.54. The maximum Gasteiger partial charge on any atom is 0.417 e. The number of halogens is 3. The number of methoxy groups -OCH3 is 1. The lowest BCUT2D eigenvalue weighted by molar-refractivity contribution is -0.137. The zero-order valence-electron chi connectivity index (χ0n) is 17.7. The lowest BCUT2D eigenvalue weighted by Gasteiger charge is -2.47. The van der Waals surface area contributed by atoms with Crippen molar-refractivity contribution in [2.45, 2.75) is 38.5 Å². The van der Waals surface area contributed by atoms with Gasteiger partial charge in [-0.1, -0.05) is 12.5 Å². The molecule has 0 radical (unpaired) electrons. The second kappa shape index (κ2) is 8.94. The van der Waals surface area contributed by atoms with Crippen LogP contribution in [0.2, 0.25) is 0 Å². The molecule has 2 aromatic rings. The molecule has 3 atom stereocenters. The Hall–Kier alpha value is -2.48. The van der Waals surface area contributed by atoms with Crippen LogP contribution in [0.15, 0.2) is 36.5 Å². The summed E-state index contributed by atoms with van der Waals surface area (Å²) in [6.07, 6.45) is -0.271. The van der Waals surface area contributed by atoms with Gasteiger partial charge in [-0.05, 0) is 49.6 Å². The predicted octanol–water partition coefficient (Wildman–Crippen LogP) is 5.08. The standard InChI is InChI=1S/C23H27F3N2O3/c1-15-6-8-19(20(10-15)30-14-29-2)31-22-16-4-3-5-17(22)13-28(12-16)21-9-7-18(11-27-21)23(24,25)26/h6-11,16-17,22H,3-5,12-14H2,1-2H3/t16-,17+,22?. The van der Waals surface area contributed by atoms with Crippen LogP contribution in [0, 0.1) is 18.8 Å². The van der Waals surface area contributed by atoms with Gasteiger partial charge in [-0.2, -0.15) is 13.2 Å². The van der Waals surface area contributed by atoms with Gasteiger partial charge in [0.25, 0.3) is 0 Å². The third-order valence-electron chi connectivity index (χ3n) is 6.08. The van der Waals surface area contributed by atoms with Crippen LogP contribution in [0.1, 0.15) is 30.4 Å². The molecule has 0 amide bonds. The largest absolute Gasteiger partial charge is 0.486 e. The van der Waals surface area contributed by atoms with E-state index in [0.29, 0.717) is 30.4 Å². The molecule has 1 saturated carbocycles. The highest BCUT2D eigenvalue weighted by atomic mass is 19.4. The van der Waals surface area contributed by atoms with Crippen LogP contribution < -0.4 is 14.4 Å². The van der Waals surface area contributed by atoms with Crippen LogP contribution in [0.25, 0.3) is 0 Å². The van der Waals surface area contributed by atoms with E-state index in [1.54, 1.807) is 7.11 Å². The molecule has 2 fully saturated rings. The highest BCUT2D eigenvalue weighted by Gasteiger charge is 2.42. The zero-order chi connectivity index (χ0) is 22.0. The number of pyridine rings is 1. The molecule has 0 N–H and O–H groups in total. The van der Waals surface area contributed by atoms with E-state index in [4.69, 9.17) is 14.2 Å². The fraction of sp³-hybridized carbons (Fsp3) is 0.522. The third kappa shape index (κ3) is 4.89. The van der Waals surface area contributed by atoms with Gasteiger partial charge in [0.1, 0.15) is 11.9 Å². The molecule has 1 unspecified atom stereocenters. The van der Waals surface area contributed by atoms with Crippen LogP contribution >= 0.6 is 0 Å². The summed E-state index contributed by atoms with van der Waals surface area (Å²) in [5.74, 6) is 2.49. The first-order valence-corrected chi connectivity index (χ1v) is 10.5. The normalized spacial score (nSPS) is 23.5. The smallest absolute Gasteiger partial charge is 0.417 e. The summed E-state index contributed by atoms with van der Waals surface area (Å²) in [5.41, 5.74) is 0.347. The number of piperidine rings is 1. The number of ether oxygens (including phenoxy) is 3. The highest BCUT2D eigenvalue weighted by Crippen LogP contribution is 2.41. The van der Waals surface area contributed by atoms with E-state index in [2.05, 4.69) is 9.88 Å². The van der Waals surface area contributed by atoms with Crippen LogP contribution in [-0.2, 0) is 10.9 Å². The Morgan fingerprint density at radius 1 is 1.06 bits per heavy atom. The molecule has 8 heteroatoms. The Labute approximate surface area is 180 Å².